The summed E-state index contributed by atoms with van der Waals surface area (Å²) in [6.45, 7) is 0.804. The third-order valence-electron chi connectivity index (χ3n) is 3.65. The lowest BCUT2D eigenvalue weighted by Gasteiger charge is -2.05. The molecule has 0 radical (unpaired) electrons. The molecule has 6 nitrogen and oxygen atoms in total. The van der Waals surface area contributed by atoms with Gasteiger partial charge in [-0.1, -0.05) is 41.7 Å². The van der Waals surface area contributed by atoms with Crippen LogP contribution in [0.15, 0.2) is 42.5 Å². The number of aromatic nitrogens is 1. The lowest BCUT2D eigenvalue weighted by atomic mass is 10.1. The molecule has 1 aliphatic rings. The van der Waals surface area contributed by atoms with Gasteiger partial charge in [-0.2, -0.15) is 0 Å². The Morgan fingerprint density at radius 1 is 1.17 bits per heavy atom. The van der Waals surface area contributed by atoms with Crippen LogP contribution in [0.4, 0.5) is 9.93 Å². The maximum Gasteiger partial charge on any atom is 0.321 e. The van der Waals surface area contributed by atoms with E-state index in [0.29, 0.717) is 23.2 Å². The third-order valence-corrected chi connectivity index (χ3v) is 4.58. The molecule has 0 aliphatic carbocycles. The molecule has 1 aromatic heterocycles. The maximum atomic E-state index is 12.0. The molecule has 3 aromatic rings. The molecule has 2 heterocycles. The molecule has 0 saturated heterocycles. The predicted octanol–water partition coefficient (Wildman–Crippen LogP) is 3.39. The topological polar surface area (TPSA) is 72.5 Å². The standard InChI is InChI=1S/C17H15N3O3S/c21-16(18-7-6-11-4-2-1-3-5-11)20-17-19-12-8-13-14(23-10-22-13)9-15(12)24-17/h1-5,8-9H,6-7,10H2,(H2,18,19,20,21). The summed E-state index contributed by atoms with van der Waals surface area (Å²) in [5.41, 5.74) is 1.97. The summed E-state index contributed by atoms with van der Waals surface area (Å²) < 4.78 is 11.6. The average Bonchev–Trinajstić information content (AvgIpc) is 3.18. The Bertz CT molecular complexity index is 838. The third kappa shape index (κ3) is 3.11. The Morgan fingerprint density at radius 3 is 2.79 bits per heavy atom. The molecule has 0 unspecified atom stereocenters. The van der Waals surface area contributed by atoms with Crippen LogP contribution in [0.3, 0.4) is 0 Å². The van der Waals surface area contributed by atoms with Gasteiger partial charge in [-0.3, -0.25) is 5.32 Å². The summed E-state index contributed by atoms with van der Waals surface area (Å²) in [7, 11) is 0. The first-order chi connectivity index (χ1) is 11.8. The van der Waals surface area contributed by atoms with Crippen molar-refractivity contribution < 1.29 is 14.3 Å². The van der Waals surface area contributed by atoms with Crippen LogP contribution < -0.4 is 20.1 Å². The maximum absolute atomic E-state index is 12.0. The van der Waals surface area contributed by atoms with Crippen LogP contribution in [0.1, 0.15) is 5.56 Å². The van der Waals surface area contributed by atoms with Crippen molar-refractivity contribution in [2.45, 2.75) is 6.42 Å². The van der Waals surface area contributed by atoms with Crippen LogP contribution >= 0.6 is 11.3 Å². The average molecular weight is 341 g/mol. The second-order valence-corrected chi connectivity index (χ2v) is 6.34. The molecular weight excluding hydrogens is 326 g/mol. The Hall–Kier alpha value is -2.80. The van der Waals surface area contributed by atoms with Gasteiger partial charge in [0.05, 0.1) is 10.2 Å². The number of hydrogen-bond donors (Lipinski definition) is 2. The van der Waals surface area contributed by atoms with Gasteiger partial charge < -0.3 is 14.8 Å². The largest absolute Gasteiger partial charge is 0.454 e. The molecule has 2 amide bonds. The highest BCUT2D eigenvalue weighted by molar-refractivity contribution is 7.22. The predicted molar refractivity (Wildman–Crippen MR) is 92.9 cm³/mol. The minimum absolute atomic E-state index is 0.238. The number of nitrogens with zero attached hydrogens (tertiary/aromatic N) is 1. The number of rotatable bonds is 4. The summed E-state index contributed by atoms with van der Waals surface area (Å²) in [5, 5.41) is 6.15. The fourth-order valence-electron chi connectivity index (χ4n) is 2.48. The summed E-state index contributed by atoms with van der Waals surface area (Å²) in [6, 6.07) is 13.5. The van der Waals surface area contributed by atoms with Crippen LogP contribution in [0.5, 0.6) is 11.5 Å². The molecule has 122 valence electrons. The van der Waals surface area contributed by atoms with E-state index in [2.05, 4.69) is 15.6 Å². The first-order valence-electron chi connectivity index (χ1n) is 7.57. The minimum Gasteiger partial charge on any atom is -0.454 e. The van der Waals surface area contributed by atoms with Crippen LogP contribution in [0, 0.1) is 0 Å². The fraction of sp³-hybridized carbons (Fsp3) is 0.176. The number of fused-ring (bicyclic) bond motifs is 2. The Labute approximate surface area is 142 Å². The zero-order valence-electron chi connectivity index (χ0n) is 12.7. The molecule has 0 fully saturated rings. The van der Waals surface area contributed by atoms with Crippen molar-refractivity contribution in [2.24, 2.45) is 0 Å². The van der Waals surface area contributed by atoms with Gasteiger partial charge in [-0.15, -0.1) is 0 Å². The van der Waals surface area contributed by atoms with Crippen LogP contribution in [0.2, 0.25) is 0 Å². The number of nitrogens with one attached hydrogen (secondary N) is 2. The summed E-state index contributed by atoms with van der Waals surface area (Å²) in [6.07, 6.45) is 0.787. The number of carbonyl (C=O) groups excluding carboxylic acids is 1. The molecule has 2 aromatic carbocycles. The summed E-state index contributed by atoms with van der Waals surface area (Å²) >= 11 is 1.40. The van der Waals surface area contributed by atoms with Crippen molar-refractivity contribution in [2.75, 3.05) is 18.7 Å². The Balaban J connectivity index is 1.36. The minimum atomic E-state index is -0.259. The molecule has 24 heavy (non-hydrogen) atoms. The van der Waals surface area contributed by atoms with Crippen molar-refractivity contribution in [1.82, 2.24) is 10.3 Å². The van der Waals surface area contributed by atoms with E-state index in [0.717, 1.165) is 16.6 Å². The number of amides is 2. The first kappa shape index (κ1) is 14.8. The SMILES string of the molecule is O=C(NCCc1ccccc1)Nc1nc2cc3c(cc2s1)OCO3. The smallest absolute Gasteiger partial charge is 0.321 e. The molecule has 0 atom stereocenters. The molecule has 2 N–H and O–H groups in total. The van der Waals surface area contributed by atoms with E-state index in [4.69, 9.17) is 9.47 Å². The second-order valence-electron chi connectivity index (χ2n) is 5.31. The number of ether oxygens (including phenoxy) is 2. The Kier molecular flexibility index (Phi) is 3.92. The lowest BCUT2D eigenvalue weighted by molar-refractivity contribution is 0.174. The van der Waals surface area contributed by atoms with Gasteiger partial charge in [0.2, 0.25) is 6.79 Å². The van der Waals surface area contributed by atoms with Crippen molar-refractivity contribution in [3.8, 4) is 11.5 Å². The zero-order valence-corrected chi connectivity index (χ0v) is 13.6. The van der Waals surface area contributed by atoms with Crippen molar-refractivity contribution >= 4 is 32.7 Å². The van der Waals surface area contributed by atoms with E-state index in [1.165, 1.54) is 16.9 Å². The van der Waals surface area contributed by atoms with Gasteiger partial charge in [-0.25, -0.2) is 9.78 Å². The normalized spacial score (nSPS) is 12.3. The number of urea groups is 1. The summed E-state index contributed by atoms with van der Waals surface area (Å²) in [5.74, 6) is 1.40. The monoisotopic (exact) mass is 341 g/mol. The van der Waals surface area contributed by atoms with Gasteiger partial charge in [0, 0.05) is 18.7 Å². The molecule has 4 rings (SSSR count). The molecule has 0 spiro atoms. The van der Waals surface area contributed by atoms with Crippen molar-refractivity contribution in [3.63, 3.8) is 0 Å². The van der Waals surface area contributed by atoms with E-state index < -0.39 is 0 Å². The molecule has 0 bridgehead atoms. The molecular formula is C17H15N3O3S. The van der Waals surface area contributed by atoms with Gasteiger partial charge in [-0.05, 0) is 12.0 Å². The number of benzene rings is 2. The van der Waals surface area contributed by atoms with E-state index in [9.17, 15) is 4.79 Å². The van der Waals surface area contributed by atoms with E-state index in [-0.39, 0.29) is 12.8 Å². The van der Waals surface area contributed by atoms with E-state index in [1.54, 1.807) is 0 Å². The van der Waals surface area contributed by atoms with E-state index >= 15 is 0 Å². The van der Waals surface area contributed by atoms with Gasteiger partial charge in [0.25, 0.3) is 0 Å². The number of thiazole rings is 1. The van der Waals surface area contributed by atoms with E-state index in [1.807, 2.05) is 42.5 Å². The van der Waals surface area contributed by atoms with Gasteiger partial charge in [0.1, 0.15) is 0 Å². The van der Waals surface area contributed by atoms with Crippen molar-refractivity contribution in [1.29, 1.82) is 0 Å². The van der Waals surface area contributed by atoms with Crippen LogP contribution in [-0.4, -0.2) is 24.4 Å². The lowest BCUT2D eigenvalue weighted by Crippen LogP contribution is -2.30. The zero-order chi connectivity index (χ0) is 16.4. The highest BCUT2D eigenvalue weighted by Gasteiger charge is 2.17. The van der Waals surface area contributed by atoms with Crippen LogP contribution in [0.25, 0.3) is 10.2 Å². The number of hydrogen-bond acceptors (Lipinski definition) is 5. The number of carbonyl (C=O) groups is 1. The van der Waals surface area contributed by atoms with Crippen LogP contribution in [-0.2, 0) is 6.42 Å². The highest BCUT2D eigenvalue weighted by Crippen LogP contribution is 2.38. The molecule has 7 heteroatoms. The highest BCUT2D eigenvalue weighted by atomic mass is 32.1. The quantitative estimate of drug-likeness (QED) is 0.763. The number of anilines is 1. The molecule has 0 saturated carbocycles. The molecule has 1 aliphatic heterocycles. The van der Waals surface area contributed by atoms with Gasteiger partial charge >= 0.3 is 6.03 Å². The second kappa shape index (κ2) is 6.37. The first-order valence-corrected chi connectivity index (χ1v) is 8.38. The Morgan fingerprint density at radius 2 is 1.96 bits per heavy atom. The van der Waals surface area contributed by atoms with Crippen molar-refractivity contribution in [3.05, 3.63) is 48.0 Å². The van der Waals surface area contributed by atoms with Gasteiger partial charge in [0.15, 0.2) is 16.6 Å². The summed E-state index contributed by atoms with van der Waals surface area (Å²) in [4.78, 5) is 16.4. The fourth-order valence-corrected chi connectivity index (χ4v) is 3.35.